The van der Waals surface area contributed by atoms with Crippen LogP contribution in [0.4, 0.5) is 0 Å². The van der Waals surface area contributed by atoms with E-state index in [0.717, 1.165) is 6.54 Å². The summed E-state index contributed by atoms with van der Waals surface area (Å²) in [6, 6.07) is 8.71. The first-order chi connectivity index (χ1) is 7.16. The molecule has 0 saturated carbocycles. The molecule has 1 aromatic carbocycles. The van der Waals surface area contributed by atoms with Gasteiger partial charge in [0.05, 0.1) is 0 Å². The molecule has 15 heavy (non-hydrogen) atoms. The van der Waals surface area contributed by atoms with Crippen molar-refractivity contribution < 1.29 is 0 Å². The van der Waals surface area contributed by atoms with Crippen LogP contribution in [0.3, 0.4) is 0 Å². The van der Waals surface area contributed by atoms with Crippen LogP contribution in [0.25, 0.3) is 0 Å². The average Bonchev–Trinajstić information content (AvgIpc) is 2.20. The predicted molar refractivity (Wildman–Crippen MR) is 63.4 cm³/mol. The zero-order valence-electron chi connectivity index (χ0n) is 9.62. The van der Waals surface area contributed by atoms with E-state index in [-0.39, 0.29) is 0 Å². The molecular formula is C13H18N2. The summed E-state index contributed by atoms with van der Waals surface area (Å²) in [5.41, 5.74) is 4.01. The Morgan fingerprint density at radius 3 is 2.47 bits per heavy atom. The first-order valence-electron chi connectivity index (χ1n) is 5.36. The highest BCUT2D eigenvalue weighted by molar-refractivity contribution is 5.25. The van der Waals surface area contributed by atoms with Crippen molar-refractivity contribution in [3.8, 4) is 0 Å². The standard InChI is InChI=1S/C13H18N2/c1-10-4-6-12(7-5-10)13-14-8-11(2)9-15(13)3/h4-7,9,13-14H,8H2,1-3H3. The number of nitrogens with one attached hydrogen (secondary N) is 1. The third-order valence-corrected chi connectivity index (χ3v) is 2.80. The Bertz CT molecular complexity index is 365. The molecule has 2 heteroatoms. The van der Waals surface area contributed by atoms with E-state index >= 15 is 0 Å². The Morgan fingerprint density at radius 1 is 1.20 bits per heavy atom. The molecule has 80 valence electrons. The Labute approximate surface area is 91.6 Å². The second-order valence-electron chi connectivity index (χ2n) is 4.34. The molecule has 0 amide bonds. The molecule has 1 unspecified atom stereocenters. The molecule has 0 spiro atoms. The third kappa shape index (κ3) is 2.21. The van der Waals surface area contributed by atoms with Gasteiger partial charge in [-0.1, -0.05) is 29.8 Å². The van der Waals surface area contributed by atoms with Crippen LogP contribution < -0.4 is 5.32 Å². The van der Waals surface area contributed by atoms with Gasteiger partial charge in [-0.05, 0) is 25.0 Å². The first kappa shape index (κ1) is 10.2. The number of hydrogen-bond acceptors (Lipinski definition) is 2. The van der Waals surface area contributed by atoms with E-state index in [4.69, 9.17) is 0 Å². The monoisotopic (exact) mass is 202 g/mol. The van der Waals surface area contributed by atoms with Crippen molar-refractivity contribution in [1.82, 2.24) is 10.2 Å². The fourth-order valence-electron chi connectivity index (χ4n) is 1.97. The molecule has 0 aromatic heterocycles. The van der Waals surface area contributed by atoms with Crippen molar-refractivity contribution in [1.29, 1.82) is 0 Å². The molecule has 2 rings (SSSR count). The lowest BCUT2D eigenvalue weighted by Crippen LogP contribution is -2.37. The molecule has 1 aromatic rings. The topological polar surface area (TPSA) is 15.3 Å². The van der Waals surface area contributed by atoms with Crippen LogP contribution in [-0.4, -0.2) is 18.5 Å². The quantitative estimate of drug-likeness (QED) is 0.752. The molecule has 0 fully saturated rings. The van der Waals surface area contributed by atoms with Crippen molar-refractivity contribution in [3.05, 3.63) is 47.2 Å². The van der Waals surface area contributed by atoms with E-state index in [1.165, 1.54) is 16.7 Å². The van der Waals surface area contributed by atoms with Gasteiger partial charge in [-0.2, -0.15) is 0 Å². The smallest absolute Gasteiger partial charge is 0.105 e. The van der Waals surface area contributed by atoms with E-state index in [1.807, 2.05) is 0 Å². The third-order valence-electron chi connectivity index (χ3n) is 2.80. The Kier molecular flexibility index (Phi) is 2.78. The van der Waals surface area contributed by atoms with Gasteiger partial charge in [0.2, 0.25) is 0 Å². The number of benzene rings is 1. The maximum absolute atomic E-state index is 3.51. The summed E-state index contributed by atoms with van der Waals surface area (Å²) in [5.74, 6) is 0. The fraction of sp³-hybridized carbons (Fsp3) is 0.385. The van der Waals surface area contributed by atoms with Gasteiger partial charge in [-0.25, -0.2) is 0 Å². The maximum atomic E-state index is 3.51. The Morgan fingerprint density at radius 2 is 1.87 bits per heavy atom. The SMILES string of the molecule is CC1=CN(C)C(c2ccc(C)cc2)NC1. The second kappa shape index (κ2) is 4.07. The maximum Gasteiger partial charge on any atom is 0.105 e. The summed E-state index contributed by atoms with van der Waals surface area (Å²) in [6.45, 7) is 5.24. The summed E-state index contributed by atoms with van der Waals surface area (Å²) in [7, 11) is 2.11. The van der Waals surface area contributed by atoms with Crippen LogP contribution in [0, 0.1) is 6.92 Å². The van der Waals surface area contributed by atoms with Crippen LogP contribution >= 0.6 is 0 Å². The van der Waals surface area contributed by atoms with Crippen LogP contribution in [0.1, 0.15) is 24.2 Å². The first-order valence-corrected chi connectivity index (χ1v) is 5.36. The van der Waals surface area contributed by atoms with E-state index in [2.05, 4.69) is 61.6 Å². The van der Waals surface area contributed by atoms with Crippen molar-refractivity contribution in [2.45, 2.75) is 20.0 Å². The van der Waals surface area contributed by atoms with Gasteiger partial charge in [-0.15, -0.1) is 0 Å². The van der Waals surface area contributed by atoms with Crippen LogP contribution in [0.2, 0.25) is 0 Å². The van der Waals surface area contributed by atoms with E-state index in [0.29, 0.717) is 6.17 Å². The predicted octanol–water partition coefficient (Wildman–Crippen LogP) is 2.43. The molecule has 0 bridgehead atoms. The number of aryl methyl sites for hydroxylation is 1. The summed E-state index contributed by atoms with van der Waals surface area (Å²) in [4.78, 5) is 2.23. The van der Waals surface area contributed by atoms with Gasteiger partial charge in [-0.3, -0.25) is 5.32 Å². The van der Waals surface area contributed by atoms with E-state index in [1.54, 1.807) is 0 Å². The van der Waals surface area contributed by atoms with Crippen LogP contribution in [0.5, 0.6) is 0 Å². The van der Waals surface area contributed by atoms with Gasteiger partial charge >= 0.3 is 0 Å². The summed E-state index contributed by atoms with van der Waals surface area (Å²) < 4.78 is 0. The summed E-state index contributed by atoms with van der Waals surface area (Å²) in [6.07, 6.45) is 2.52. The van der Waals surface area contributed by atoms with Crippen molar-refractivity contribution >= 4 is 0 Å². The highest BCUT2D eigenvalue weighted by Gasteiger charge is 2.17. The number of rotatable bonds is 1. The fourth-order valence-corrected chi connectivity index (χ4v) is 1.97. The lowest BCUT2D eigenvalue weighted by atomic mass is 10.1. The molecule has 0 radical (unpaired) electrons. The number of hydrogen-bond donors (Lipinski definition) is 1. The average molecular weight is 202 g/mol. The highest BCUT2D eigenvalue weighted by Crippen LogP contribution is 2.21. The van der Waals surface area contributed by atoms with Gasteiger partial charge in [0.1, 0.15) is 6.17 Å². The molecule has 1 aliphatic rings. The molecule has 1 N–H and O–H groups in total. The Balaban J connectivity index is 2.21. The van der Waals surface area contributed by atoms with Gasteiger partial charge in [0, 0.05) is 19.8 Å². The van der Waals surface area contributed by atoms with Crippen molar-refractivity contribution in [2.24, 2.45) is 0 Å². The van der Waals surface area contributed by atoms with Crippen molar-refractivity contribution in [2.75, 3.05) is 13.6 Å². The van der Waals surface area contributed by atoms with Crippen LogP contribution in [-0.2, 0) is 0 Å². The van der Waals surface area contributed by atoms with Gasteiger partial charge in [0.25, 0.3) is 0 Å². The van der Waals surface area contributed by atoms with Crippen molar-refractivity contribution in [3.63, 3.8) is 0 Å². The second-order valence-corrected chi connectivity index (χ2v) is 4.34. The largest absolute Gasteiger partial charge is 0.361 e. The van der Waals surface area contributed by atoms with E-state index in [9.17, 15) is 0 Å². The minimum absolute atomic E-state index is 0.314. The molecule has 0 aliphatic carbocycles. The lowest BCUT2D eigenvalue weighted by Gasteiger charge is -2.33. The van der Waals surface area contributed by atoms with Gasteiger partial charge < -0.3 is 4.90 Å². The minimum atomic E-state index is 0.314. The molecular weight excluding hydrogens is 184 g/mol. The lowest BCUT2D eigenvalue weighted by molar-refractivity contribution is 0.268. The molecule has 1 atom stereocenters. The van der Waals surface area contributed by atoms with E-state index < -0.39 is 0 Å². The summed E-state index contributed by atoms with van der Waals surface area (Å²) >= 11 is 0. The zero-order chi connectivity index (χ0) is 10.8. The van der Waals surface area contributed by atoms with Crippen LogP contribution in [0.15, 0.2) is 36.0 Å². The highest BCUT2D eigenvalue weighted by atomic mass is 15.3. The molecule has 1 aliphatic heterocycles. The number of nitrogens with zero attached hydrogens (tertiary/aromatic N) is 1. The summed E-state index contributed by atoms with van der Waals surface area (Å²) in [5, 5.41) is 3.51. The van der Waals surface area contributed by atoms with Gasteiger partial charge in [0.15, 0.2) is 0 Å². The molecule has 0 saturated heterocycles. The minimum Gasteiger partial charge on any atom is -0.361 e. The Hall–Kier alpha value is -1.28. The molecule has 1 heterocycles. The molecule has 2 nitrogen and oxygen atoms in total. The zero-order valence-corrected chi connectivity index (χ0v) is 9.62. The normalized spacial score (nSPS) is 21.4.